The predicted octanol–water partition coefficient (Wildman–Crippen LogP) is 1.50. The summed E-state index contributed by atoms with van der Waals surface area (Å²) in [5.41, 5.74) is 7.33. The minimum atomic E-state index is -0.434. The molecule has 0 aliphatic rings. The van der Waals surface area contributed by atoms with Crippen molar-refractivity contribution in [2.45, 2.75) is 19.4 Å². The molecule has 0 spiro atoms. The van der Waals surface area contributed by atoms with E-state index in [4.69, 9.17) is 5.73 Å². The number of para-hydroxylation sites is 1. The van der Waals surface area contributed by atoms with E-state index < -0.39 is 6.10 Å². The van der Waals surface area contributed by atoms with Gasteiger partial charge in [-0.25, -0.2) is 0 Å². The molecule has 1 unspecified atom stereocenters. The highest BCUT2D eigenvalue weighted by Gasteiger charge is 2.05. The summed E-state index contributed by atoms with van der Waals surface area (Å²) in [4.78, 5) is 0. The lowest BCUT2D eigenvalue weighted by Crippen LogP contribution is -2.10. The third kappa shape index (κ3) is 3.01. The molecule has 0 aliphatic carbocycles. The first kappa shape index (κ1) is 11.0. The highest BCUT2D eigenvalue weighted by molar-refractivity contribution is 5.51. The smallest absolute Gasteiger partial charge is 0.0781 e. The van der Waals surface area contributed by atoms with Crippen molar-refractivity contribution < 1.29 is 5.11 Å². The van der Waals surface area contributed by atoms with Crippen molar-refractivity contribution in [3.05, 3.63) is 29.8 Å². The normalized spacial score (nSPS) is 12.5. The van der Waals surface area contributed by atoms with Crippen LogP contribution in [0.2, 0.25) is 0 Å². The van der Waals surface area contributed by atoms with Crippen LogP contribution in [0.15, 0.2) is 24.3 Å². The number of anilines is 1. The summed E-state index contributed by atoms with van der Waals surface area (Å²) < 4.78 is 0. The number of rotatable bonds is 5. The highest BCUT2D eigenvalue weighted by Crippen LogP contribution is 2.21. The van der Waals surface area contributed by atoms with Crippen LogP contribution in [0.5, 0.6) is 0 Å². The molecule has 14 heavy (non-hydrogen) atoms. The first-order chi connectivity index (χ1) is 6.75. The minimum absolute atomic E-state index is 0.434. The molecule has 0 radical (unpaired) electrons. The van der Waals surface area contributed by atoms with Crippen LogP contribution in [0.25, 0.3) is 0 Å². The SMILES string of the molecule is CC(O)c1ccccc1NCCCN. The molecule has 0 heterocycles. The van der Waals surface area contributed by atoms with E-state index in [1.165, 1.54) is 0 Å². The Labute approximate surface area is 84.9 Å². The Balaban J connectivity index is 2.64. The molecule has 1 rings (SSSR count). The number of nitrogens with one attached hydrogen (secondary N) is 1. The Morgan fingerprint density at radius 3 is 2.79 bits per heavy atom. The molecule has 0 saturated heterocycles. The van der Waals surface area contributed by atoms with Gasteiger partial charge in [-0.3, -0.25) is 0 Å². The van der Waals surface area contributed by atoms with Crippen LogP contribution in [-0.4, -0.2) is 18.2 Å². The second-order valence-corrected chi connectivity index (χ2v) is 3.33. The standard InChI is InChI=1S/C11H18N2O/c1-9(14)10-5-2-3-6-11(10)13-8-4-7-12/h2-3,5-6,9,13-14H,4,7-8,12H2,1H3. The molecule has 0 bridgehead atoms. The van der Waals surface area contributed by atoms with Crippen molar-refractivity contribution in [2.24, 2.45) is 5.73 Å². The van der Waals surface area contributed by atoms with Crippen molar-refractivity contribution in [3.63, 3.8) is 0 Å². The van der Waals surface area contributed by atoms with Gasteiger partial charge in [0.2, 0.25) is 0 Å². The molecule has 4 N–H and O–H groups in total. The van der Waals surface area contributed by atoms with Gasteiger partial charge < -0.3 is 16.2 Å². The lowest BCUT2D eigenvalue weighted by Gasteiger charge is -2.13. The van der Waals surface area contributed by atoms with Gasteiger partial charge in [-0.2, -0.15) is 0 Å². The molecular weight excluding hydrogens is 176 g/mol. The third-order valence-electron chi connectivity index (χ3n) is 2.11. The molecule has 1 atom stereocenters. The van der Waals surface area contributed by atoms with Crippen molar-refractivity contribution in [1.82, 2.24) is 0 Å². The van der Waals surface area contributed by atoms with Gasteiger partial charge >= 0.3 is 0 Å². The molecule has 0 fully saturated rings. The number of nitrogens with two attached hydrogens (primary N) is 1. The summed E-state index contributed by atoms with van der Waals surface area (Å²) in [6.07, 6.45) is 0.505. The number of aliphatic hydroxyl groups excluding tert-OH is 1. The first-order valence-electron chi connectivity index (χ1n) is 4.96. The van der Waals surface area contributed by atoms with E-state index in [-0.39, 0.29) is 0 Å². The molecule has 1 aromatic rings. The summed E-state index contributed by atoms with van der Waals surface area (Å²) in [6.45, 7) is 3.30. The number of aliphatic hydroxyl groups is 1. The van der Waals surface area contributed by atoms with E-state index in [9.17, 15) is 5.11 Å². The van der Waals surface area contributed by atoms with Gasteiger partial charge in [0.1, 0.15) is 0 Å². The minimum Gasteiger partial charge on any atom is -0.389 e. The summed E-state index contributed by atoms with van der Waals surface area (Å²) in [5, 5.41) is 12.8. The fourth-order valence-corrected chi connectivity index (χ4v) is 1.35. The second kappa shape index (κ2) is 5.62. The number of hydrogen-bond donors (Lipinski definition) is 3. The molecule has 3 nitrogen and oxygen atoms in total. The maximum atomic E-state index is 9.50. The van der Waals surface area contributed by atoms with E-state index in [1.807, 2.05) is 24.3 Å². The van der Waals surface area contributed by atoms with Gasteiger partial charge in [0.25, 0.3) is 0 Å². The van der Waals surface area contributed by atoms with Gasteiger partial charge in [0.05, 0.1) is 6.10 Å². The molecule has 0 aromatic heterocycles. The lowest BCUT2D eigenvalue weighted by atomic mass is 10.1. The van der Waals surface area contributed by atoms with Gasteiger partial charge in [0, 0.05) is 17.8 Å². The van der Waals surface area contributed by atoms with E-state index in [0.717, 1.165) is 24.2 Å². The molecule has 0 aliphatic heterocycles. The van der Waals surface area contributed by atoms with Crippen LogP contribution in [0.4, 0.5) is 5.69 Å². The molecule has 0 saturated carbocycles. The molecule has 3 heteroatoms. The van der Waals surface area contributed by atoms with Crippen LogP contribution >= 0.6 is 0 Å². The molecule has 0 amide bonds. The Kier molecular flexibility index (Phi) is 4.43. The molecular formula is C11H18N2O. The van der Waals surface area contributed by atoms with Crippen LogP contribution in [0.3, 0.4) is 0 Å². The van der Waals surface area contributed by atoms with Crippen LogP contribution < -0.4 is 11.1 Å². The highest BCUT2D eigenvalue weighted by atomic mass is 16.3. The molecule has 78 valence electrons. The number of benzene rings is 1. The van der Waals surface area contributed by atoms with Crippen molar-refractivity contribution in [1.29, 1.82) is 0 Å². The first-order valence-corrected chi connectivity index (χ1v) is 4.96. The predicted molar refractivity (Wildman–Crippen MR) is 59.2 cm³/mol. The Bertz CT molecular complexity index is 274. The van der Waals surface area contributed by atoms with Crippen molar-refractivity contribution >= 4 is 5.69 Å². The summed E-state index contributed by atoms with van der Waals surface area (Å²) >= 11 is 0. The van der Waals surface area contributed by atoms with E-state index in [0.29, 0.717) is 6.54 Å². The topological polar surface area (TPSA) is 58.3 Å². The summed E-state index contributed by atoms with van der Waals surface area (Å²) in [6, 6.07) is 7.78. The fourth-order valence-electron chi connectivity index (χ4n) is 1.35. The monoisotopic (exact) mass is 194 g/mol. The summed E-state index contributed by atoms with van der Waals surface area (Å²) in [7, 11) is 0. The zero-order chi connectivity index (χ0) is 10.4. The van der Waals surface area contributed by atoms with Crippen LogP contribution in [0.1, 0.15) is 25.0 Å². The van der Waals surface area contributed by atoms with Gasteiger partial charge in [-0.15, -0.1) is 0 Å². The largest absolute Gasteiger partial charge is 0.389 e. The Hall–Kier alpha value is -1.06. The van der Waals surface area contributed by atoms with E-state index in [1.54, 1.807) is 6.92 Å². The quantitative estimate of drug-likeness (QED) is 0.623. The second-order valence-electron chi connectivity index (χ2n) is 3.33. The van der Waals surface area contributed by atoms with Crippen LogP contribution in [0, 0.1) is 0 Å². The van der Waals surface area contributed by atoms with Gasteiger partial charge in [-0.05, 0) is 26.0 Å². The average molecular weight is 194 g/mol. The molecule has 1 aromatic carbocycles. The van der Waals surface area contributed by atoms with Gasteiger partial charge in [-0.1, -0.05) is 18.2 Å². The van der Waals surface area contributed by atoms with E-state index >= 15 is 0 Å². The zero-order valence-corrected chi connectivity index (χ0v) is 8.53. The summed E-state index contributed by atoms with van der Waals surface area (Å²) in [5.74, 6) is 0. The Morgan fingerprint density at radius 1 is 1.43 bits per heavy atom. The van der Waals surface area contributed by atoms with Crippen molar-refractivity contribution in [3.8, 4) is 0 Å². The average Bonchev–Trinajstić information content (AvgIpc) is 2.19. The lowest BCUT2D eigenvalue weighted by molar-refractivity contribution is 0.200. The zero-order valence-electron chi connectivity index (χ0n) is 8.53. The maximum absolute atomic E-state index is 9.50. The van der Waals surface area contributed by atoms with Gasteiger partial charge in [0.15, 0.2) is 0 Å². The van der Waals surface area contributed by atoms with Crippen LogP contribution in [-0.2, 0) is 0 Å². The Morgan fingerprint density at radius 2 is 2.14 bits per heavy atom. The third-order valence-corrected chi connectivity index (χ3v) is 2.11. The fraction of sp³-hybridized carbons (Fsp3) is 0.455. The maximum Gasteiger partial charge on any atom is 0.0781 e. The van der Waals surface area contributed by atoms with E-state index in [2.05, 4.69) is 5.32 Å². The number of hydrogen-bond acceptors (Lipinski definition) is 3. The van der Waals surface area contributed by atoms with Crippen molar-refractivity contribution in [2.75, 3.05) is 18.4 Å².